The molecular formula is C20H30O3. The lowest BCUT2D eigenvalue weighted by Gasteiger charge is -2.58. The van der Waals surface area contributed by atoms with E-state index in [1.54, 1.807) is 0 Å². The number of hydrogen-bond donors (Lipinski definition) is 1. The molecule has 3 heteroatoms. The summed E-state index contributed by atoms with van der Waals surface area (Å²) in [4.78, 5) is 12.5. The van der Waals surface area contributed by atoms with Crippen LogP contribution in [0.5, 0.6) is 0 Å². The molecule has 1 N–H and O–H groups in total. The minimum atomic E-state index is -0.190. The fraction of sp³-hybridized carbons (Fsp3) is 0.850. The van der Waals surface area contributed by atoms with Crippen molar-refractivity contribution in [1.82, 2.24) is 0 Å². The summed E-state index contributed by atoms with van der Waals surface area (Å²) < 4.78 is 5.91. The zero-order valence-electron chi connectivity index (χ0n) is 14.7. The maximum Gasteiger partial charge on any atom is 0.139 e. The van der Waals surface area contributed by atoms with Crippen LogP contribution in [0.4, 0.5) is 0 Å². The third kappa shape index (κ3) is 2.05. The monoisotopic (exact) mass is 318 g/mol. The Labute approximate surface area is 139 Å². The van der Waals surface area contributed by atoms with Crippen LogP contribution >= 0.6 is 0 Å². The standard InChI is InChI=1S/C20H30O3/c1-19-8-6-13(21)10-12(19)11-16(23-3)18-14-4-5-17(22)20(14,2)9-7-15(18)19/h11,13-16,18,21H,4-10H2,1-3H3/t13-,14-,15-,16+,18-,19-,20-/m0/s1. The van der Waals surface area contributed by atoms with Gasteiger partial charge in [0.2, 0.25) is 0 Å². The van der Waals surface area contributed by atoms with Crippen molar-refractivity contribution in [3.05, 3.63) is 11.6 Å². The van der Waals surface area contributed by atoms with Gasteiger partial charge in [0.15, 0.2) is 0 Å². The highest BCUT2D eigenvalue weighted by atomic mass is 16.5. The molecule has 0 saturated heterocycles. The Hall–Kier alpha value is -0.670. The molecule has 4 rings (SSSR count). The van der Waals surface area contributed by atoms with Crippen LogP contribution in [0.3, 0.4) is 0 Å². The van der Waals surface area contributed by atoms with Gasteiger partial charge >= 0.3 is 0 Å². The third-order valence-electron chi connectivity index (χ3n) is 8.06. The molecule has 0 radical (unpaired) electrons. The van der Waals surface area contributed by atoms with Crippen molar-refractivity contribution >= 4 is 5.78 Å². The maximum atomic E-state index is 12.5. The van der Waals surface area contributed by atoms with Crippen molar-refractivity contribution in [2.45, 2.75) is 71.0 Å². The number of carbonyl (C=O) groups excluding carboxylic acids is 1. The van der Waals surface area contributed by atoms with Crippen LogP contribution in [0, 0.1) is 28.6 Å². The summed E-state index contributed by atoms with van der Waals surface area (Å²) in [5.41, 5.74) is 1.50. The van der Waals surface area contributed by atoms with Gasteiger partial charge in [0, 0.05) is 18.9 Å². The second-order valence-electron chi connectivity index (χ2n) is 8.91. The van der Waals surface area contributed by atoms with Crippen LogP contribution in [0.25, 0.3) is 0 Å². The van der Waals surface area contributed by atoms with Gasteiger partial charge in [-0.05, 0) is 61.7 Å². The van der Waals surface area contributed by atoms with Crippen molar-refractivity contribution in [2.75, 3.05) is 7.11 Å². The molecule has 23 heavy (non-hydrogen) atoms. The van der Waals surface area contributed by atoms with Crippen LogP contribution in [-0.2, 0) is 9.53 Å². The van der Waals surface area contributed by atoms with Gasteiger partial charge in [-0.2, -0.15) is 0 Å². The summed E-state index contributed by atoms with van der Waals surface area (Å²) >= 11 is 0. The Balaban J connectivity index is 1.76. The first kappa shape index (κ1) is 15.8. The van der Waals surface area contributed by atoms with Crippen molar-refractivity contribution in [1.29, 1.82) is 0 Å². The minimum absolute atomic E-state index is 0.115. The number of ketones is 1. The average Bonchev–Trinajstić information content (AvgIpc) is 2.83. The van der Waals surface area contributed by atoms with E-state index in [0.717, 1.165) is 44.9 Å². The topological polar surface area (TPSA) is 46.5 Å². The summed E-state index contributed by atoms with van der Waals surface area (Å²) in [7, 11) is 1.81. The van der Waals surface area contributed by atoms with E-state index in [4.69, 9.17) is 4.74 Å². The summed E-state index contributed by atoms with van der Waals surface area (Å²) in [5, 5.41) is 10.1. The van der Waals surface area contributed by atoms with Crippen LogP contribution in [-0.4, -0.2) is 30.2 Å². The summed E-state index contributed by atoms with van der Waals surface area (Å²) in [5.74, 6) is 2.02. The van der Waals surface area contributed by atoms with Gasteiger partial charge in [-0.1, -0.05) is 25.5 Å². The Morgan fingerprint density at radius 3 is 2.57 bits per heavy atom. The van der Waals surface area contributed by atoms with E-state index in [0.29, 0.717) is 23.5 Å². The number of carbonyl (C=O) groups is 1. The van der Waals surface area contributed by atoms with Gasteiger partial charge in [-0.15, -0.1) is 0 Å². The predicted molar refractivity (Wildman–Crippen MR) is 88.9 cm³/mol. The number of aliphatic hydroxyl groups excluding tert-OH is 1. The summed E-state index contributed by atoms with van der Waals surface area (Å²) in [6.07, 6.45) is 9.01. The molecule has 7 atom stereocenters. The molecule has 0 aromatic carbocycles. The SMILES string of the molecule is CO[C@@H]1C=C2C[C@@H](O)CC[C@]2(C)[C@H]2CC[C@]3(C)C(=O)CC[C@H]3[C@H]12. The van der Waals surface area contributed by atoms with E-state index >= 15 is 0 Å². The van der Waals surface area contributed by atoms with Crippen LogP contribution in [0.15, 0.2) is 11.6 Å². The number of ether oxygens (including phenoxy) is 1. The first-order chi connectivity index (χ1) is 10.9. The second kappa shape index (κ2) is 5.16. The van der Waals surface area contributed by atoms with Crippen molar-refractivity contribution < 1.29 is 14.6 Å². The van der Waals surface area contributed by atoms with Gasteiger partial charge in [0.05, 0.1) is 12.2 Å². The average molecular weight is 318 g/mol. The van der Waals surface area contributed by atoms with E-state index in [1.807, 2.05) is 7.11 Å². The van der Waals surface area contributed by atoms with Gasteiger partial charge in [-0.25, -0.2) is 0 Å². The minimum Gasteiger partial charge on any atom is -0.393 e. The Kier molecular flexibility index (Phi) is 3.55. The van der Waals surface area contributed by atoms with Crippen molar-refractivity contribution in [3.63, 3.8) is 0 Å². The van der Waals surface area contributed by atoms with Crippen LogP contribution in [0.1, 0.15) is 58.8 Å². The zero-order valence-corrected chi connectivity index (χ0v) is 14.7. The Morgan fingerprint density at radius 2 is 1.83 bits per heavy atom. The molecule has 3 saturated carbocycles. The van der Waals surface area contributed by atoms with Crippen LogP contribution < -0.4 is 0 Å². The first-order valence-corrected chi connectivity index (χ1v) is 9.35. The molecular weight excluding hydrogens is 288 g/mol. The largest absolute Gasteiger partial charge is 0.393 e. The summed E-state index contributed by atoms with van der Waals surface area (Å²) in [6, 6.07) is 0. The molecule has 4 aliphatic rings. The van der Waals surface area contributed by atoms with Crippen molar-refractivity contribution in [2.24, 2.45) is 28.6 Å². The normalized spacial score (nSPS) is 52.4. The first-order valence-electron chi connectivity index (χ1n) is 9.35. The number of aliphatic hydroxyl groups is 1. The second-order valence-corrected chi connectivity index (χ2v) is 8.91. The Morgan fingerprint density at radius 1 is 1.13 bits per heavy atom. The molecule has 128 valence electrons. The molecule has 0 unspecified atom stereocenters. The zero-order chi connectivity index (χ0) is 16.4. The quantitative estimate of drug-likeness (QED) is 0.753. The number of methoxy groups -OCH3 is 1. The smallest absolute Gasteiger partial charge is 0.139 e. The van der Waals surface area contributed by atoms with E-state index in [9.17, 15) is 9.90 Å². The van der Waals surface area contributed by atoms with Crippen LogP contribution in [0.2, 0.25) is 0 Å². The lowest BCUT2D eigenvalue weighted by Crippen LogP contribution is -2.55. The van der Waals surface area contributed by atoms with Gasteiger partial charge in [0.25, 0.3) is 0 Å². The predicted octanol–water partition coefficient (Wildman–Crippen LogP) is 3.50. The molecule has 0 aromatic rings. The lowest BCUT2D eigenvalue weighted by molar-refractivity contribution is -0.137. The van der Waals surface area contributed by atoms with E-state index in [2.05, 4.69) is 19.9 Å². The highest BCUT2D eigenvalue weighted by Gasteiger charge is 2.60. The Bertz CT molecular complexity index is 553. The van der Waals surface area contributed by atoms with Crippen molar-refractivity contribution in [3.8, 4) is 0 Å². The third-order valence-corrected chi connectivity index (χ3v) is 8.06. The van der Waals surface area contributed by atoms with Gasteiger partial charge in [0.1, 0.15) is 5.78 Å². The van der Waals surface area contributed by atoms with E-state index in [1.165, 1.54) is 5.57 Å². The lowest BCUT2D eigenvalue weighted by atomic mass is 9.47. The molecule has 3 fully saturated rings. The molecule has 4 aliphatic carbocycles. The molecule has 0 bridgehead atoms. The number of hydrogen-bond acceptors (Lipinski definition) is 3. The molecule has 0 heterocycles. The van der Waals surface area contributed by atoms with Gasteiger partial charge in [-0.3, -0.25) is 4.79 Å². The molecule has 0 aliphatic heterocycles. The maximum absolute atomic E-state index is 12.5. The molecule has 0 spiro atoms. The molecule has 3 nitrogen and oxygen atoms in total. The highest BCUT2D eigenvalue weighted by molar-refractivity contribution is 5.87. The molecule has 0 amide bonds. The summed E-state index contributed by atoms with van der Waals surface area (Å²) in [6.45, 7) is 4.62. The highest BCUT2D eigenvalue weighted by Crippen LogP contribution is 2.64. The number of Topliss-reactive ketones (excluding diaryl/α,β-unsaturated/α-hetero) is 1. The fourth-order valence-electron chi connectivity index (χ4n) is 6.60. The fourth-order valence-corrected chi connectivity index (χ4v) is 6.60. The number of fused-ring (bicyclic) bond motifs is 5. The van der Waals surface area contributed by atoms with E-state index in [-0.39, 0.29) is 23.0 Å². The van der Waals surface area contributed by atoms with Gasteiger partial charge < -0.3 is 9.84 Å². The molecule has 0 aromatic heterocycles. The van der Waals surface area contributed by atoms with E-state index < -0.39 is 0 Å². The number of rotatable bonds is 1.